The van der Waals surface area contributed by atoms with Gasteiger partial charge in [-0.3, -0.25) is 0 Å². The number of ether oxygens (including phenoxy) is 5. The van der Waals surface area contributed by atoms with Crippen molar-refractivity contribution in [2.75, 3.05) is 19.8 Å². The molecule has 0 saturated carbocycles. The maximum atomic E-state index is 10.8. The minimum absolute atomic E-state index is 0.699. The Morgan fingerprint density at radius 1 is 0.694 bits per heavy atom. The third-order valence-electron chi connectivity index (χ3n) is 6.60. The fourth-order valence-corrected chi connectivity index (χ4v) is 4.24. The Hall–Kier alpha value is -0.720. The Balaban J connectivity index is 1.76. The van der Waals surface area contributed by atoms with Gasteiger partial charge >= 0.3 is 0 Å². The molecule has 0 aromatic carbocycles. The lowest BCUT2D eigenvalue weighted by atomic mass is 9.90. The van der Waals surface area contributed by atoms with E-state index < -0.39 is 111 Å². The molecule has 18 heteroatoms. The molecule has 14 atom stereocenters. The average Bonchev–Trinajstić information content (AvgIpc) is 2.85. The summed E-state index contributed by atoms with van der Waals surface area (Å²) in [7, 11) is 0. The molecule has 0 bridgehead atoms. The van der Waals surface area contributed by atoms with Gasteiger partial charge in [-0.05, 0) is 0 Å². The lowest BCUT2D eigenvalue weighted by Crippen LogP contribution is -2.76. The molecule has 212 valence electrons. The molecule has 3 saturated heterocycles. The quantitative estimate of drug-likeness (QED) is 0.135. The van der Waals surface area contributed by atoms with Crippen LogP contribution in [0.3, 0.4) is 0 Å². The molecule has 0 radical (unpaired) electrons. The Bertz CT molecular complexity index is 734. The second-order valence-electron chi connectivity index (χ2n) is 8.99. The first-order valence-corrected chi connectivity index (χ1v) is 11.0. The lowest BCUT2D eigenvalue weighted by Gasteiger charge is -2.51. The van der Waals surface area contributed by atoms with Gasteiger partial charge in [0.2, 0.25) is 11.6 Å². The molecule has 3 aliphatic heterocycles. The molecule has 18 nitrogen and oxygen atoms in total. The van der Waals surface area contributed by atoms with E-state index in [0.29, 0.717) is 0 Å². The molecular formula is C18H35N3O15. The van der Waals surface area contributed by atoms with Crippen LogP contribution in [-0.2, 0) is 23.7 Å². The summed E-state index contributed by atoms with van der Waals surface area (Å²) in [5, 5.41) is 99.9. The maximum absolute atomic E-state index is 10.8. The minimum Gasteiger partial charge on any atom is -0.394 e. The summed E-state index contributed by atoms with van der Waals surface area (Å²) < 4.78 is 26.7. The van der Waals surface area contributed by atoms with Crippen LogP contribution in [0, 0.1) is 0 Å². The predicted molar refractivity (Wildman–Crippen MR) is 109 cm³/mol. The van der Waals surface area contributed by atoms with E-state index in [2.05, 4.69) is 0 Å². The smallest absolute Gasteiger partial charge is 0.249 e. The standard InChI is InChI=1S/C18H35N3O15/c19-6-9(25)11(4(1-22)32-14(6)28)34-15-7(20)10(26)12(5(2-23)33-15)35-16-8(21)13(27)18(30,31)17(29,3-24)36-16/h4-16,22-31H,1-3,19-21H2/t4-,5-,6-,7-,8-,9-,10-,11?,12?,13-,14-,15+,16+,17+/m1/s1. The molecule has 2 unspecified atom stereocenters. The van der Waals surface area contributed by atoms with Crippen molar-refractivity contribution >= 4 is 0 Å². The zero-order chi connectivity index (χ0) is 27.2. The van der Waals surface area contributed by atoms with Gasteiger partial charge in [-0.25, -0.2) is 0 Å². The summed E-state index contributed by atoms with van der Waals surface area (Å²) in [4.78, 5) is 0. The normalized spacial score (nSPS) is 51.8. The zero-order valence-corrected chi connectivity index (χ0v) is 18.9. The Morgan fingerprint density at radius 2 is 1.19 bits per heavy atom. The monoisotopic (exact) mass is 533 g/mol. The second-order valence-corrected chi connectivity index (χ2v) is 8.99. The molecule has 3 fully saturated rings. The van der Waals surface area contributed by atoms with Crippen LogP contribution in [0.5, 0.6) is 0 Å². The fourth-order valence-electron chi connectivity index (χ4n) is 4.24. The summed E-state index contributed by atoms with van der Waals surface area (Å²) >= 11 is 0. The first-order valence-electron chi connectivity index (χ1n) is 11.0. The summed E-state index contributed by atoms with van der Waals surface area (Å²) in [6, 6.07) is -4.51. The van der Waals surface area contributed by atoms with E-state index in [9.17, 15) is 51.1 Å². The number of hydrogen-bond donors (Lipinski definition) is 13. The highest BCUT2D eigenvalue weighted by molar-refractivity contribution is 5.02. The summed E-state index contributed by atoms with van der Waals surface area (Å²) in [5.41, 5.74) is 17.4. The van der Waals surface area contributed by atoms with Crippen molar-refractivity contribution in [2.24, 2.45) is 17.2 Å². The van der Waals surface area contributed by atoms with Crippen molar-refractivity contribution in [2.45, 2.75) is 91.3 Å². The number of nitrogens with two attached hydrogens (primary N) is 3. The summed E-state index contributed by atoms with van der Waals surface area (Å²) in [6.07, 6.45) is -16.2. The van der Waals surface area contributed by atoms with Crippen molar-refractivity contribution in [3.63, 3.8) is 0 Å². The van der Waals surface area contributed by atoms with Crippen molar-refractivity contribution in [1.29, 1.82) is 0 Å². The number of rotatable bonds is 7. The highest BCUT2D eigenvalue weighted by atomic mass is 16.8. The topological polar surface area (TPSA) is 327 Å². The first-order chi connectivity index (χ1) is 16.7. The van der Waals surface area contributed by atoms with Gasteiger partial charge in [0.25, 0.3) is 0 Å². The Labute approximate surface area is 203 Å². The van der Waals surface area contributed by atoms with Crippen molar-refractivity contribution in [3.05, 3.63) is 0 Å². The number of aliphatic hydroxyl groups is 10. The van der Waals surface area contributed by atoms with E-state index in [0.717, 1.165) is 0 Å². The predicted octanol–water partition coefficient (Wildman–Crippen LogP) is -9.03. The van der Waals surface area contributed by atoms with E-state index in [1.807, 2.05) is 0 Å². The van der Waals surface area contributed by atoms with E-state index in [1.165, 1.54) is 0 Å². The van der Waals surface area contributed by atoms with Crippen LogP contribution in [0.2, 0.25) is 0 Å². The Morgan fingerprint density at radius 3 is 1.72 bits per heavy atom. The van der Waals surface area contributed by atoms with Crippen molar-refractivity contribution in [3.8, 4) is 0 Å². The average molecular weight is 533 g/mol. The molecule has 3 aliphatic rings. The SMILES string of the molecule is N[C@H]1[C@@H](OC2[C@@H](CO)O[C@@H](OC3[C@@H](CO)O[C@@H](O)[C@H](N)[C@H]3O)[C@H](N)[C@H]2O)O[C@@](O)(CO)C(O)(O)[C@@H]1O. The fraction of sp³-hybridized carbons (Fsp3) is 1.00. The van der Waals surface area contributed by atoms with Crippen LogP contribution in [0.15, 0.2) is 0 Å². The van der Waals surface area contributed by atoms with Crippen LogP contribution in [0.1, 0.15) is 0 Å². The van der Waals surface area contributed by atoms with Crippen LogP contribution in [0.4, 0.5) is 0 Å². The second kappa shape index (κ2) is 11.2. The van der Waals surface area contributed by atoms with E-state index in [1.54, 1.807) is 0 Å². The van der Waals surface area contributed by atoms with Gasteiger partial charge in [0, 0.05) is 0 Å². The van der Waals surface area contributed by atoms with Crippen molar-refractivity contribution < 1.29 is 74.7 Å². The van der Waals surface area contributed by atoms with Crippen LogP contribution >= 0.6 is 0 Å². The van der Waals surface area contributed by atoms with Crippen LogP contribution in [-0.4, -0.2) is 162 Å². The Kier molecular flexibility index (Phi) is 9.26. The van der Waals surface area contributed by atoms with Gasteiger partial charge in [0.1, 0.15) is 49.3 Å². The van der Waals surface area contributed by atoms with Crippen LogP contribution < -0.4 is 17.2 Å². The zero-order valence-electron chi connectivity index (χ0n) is 18.9. The van der Waals surface area contributed by atoms with E-state index in [4.69, 9.17) is 40.9 Å². The third-order valence-corrected chi connectivity index (χ3v) is 6.60. The lowest BCUT2D eigenvalue weighted by molar-refractivity contribution is -0.469. The number of aliphatic hydroxyl groups excluding tert-OH is 7. The van der Waals surface area contributed by atoms with Gasteiger partial charge in [0.05, 0.1) is 31.3 Å². The molecule has 0 aromatic heterocycles. The first kappa shape index (κ1) is 29.8. The molecule has 0 spiro atoms. The molecule has 3 rings (SSSR count). The van der Waals surface area contributed by atoms with Gasteiger partial charge < -0.3 is 92.0 Å². The summed E-state index contributed by atoms with van der Waals surface area (Å²) in [5.74, 6) is -6.54. The molecule has 0 aliphatic carbocycles. The van der Waals surface area contributed by atoms with Crippen LogP contribution in [0.25, 0.3) is 0 Å². The molecular weight excluding hydrogens is 498 g/mol. The molecule has 0 aromatic rings. The highest BCUT2D eigenvalue weighted by Crippen LogP contribution is 2.36. The summed E-state index contributed by atoms with van der Waals surface area (Å²) in [6.45, 7) is -2.92. The largest absolute Gasteiger partial charge is 0.394 e. The molecule has 36 heavy (non-hydrogen) atoms. The maximum Gasteiger partial charge on any atom is 0.249 e. The highest BCUT2D eigenvalue weighted by Gasteiger charge is 2.64. The van der Waals surface area contributed by atoms with E-state index >= 15 is 0 Å². The number of hydrogen-bond acceptors (Lipinski definition) is 18. The molecule has 16 N–H and O–H groups in total. The van der Waals surface area contributed by atoms with Gasteiger partial charge in [-0.1, -0.05) is 0 Å². The van der Waals surface area contributed by atoms with Gasteiger partial charge in [-0.15, -0.1) is 0 Å². The third kappa shape index (κ3) is 5.12. The minimum atomic E-state index is -3.39. The molecule has 3 heterocycles. The molecule has 0 amide bonds. The van der Waals surface area contributed by atoms with E-state index in [-0.39, 0.29) is 0 Å². The van der Waals surface area contributed by atoms with Gasteiger partial charge in [0.15, 0.2) is 18.9 Å². The van der Waals surface area contributed by atoms with Crippen molar-refractivity contribution in [1.82, 2.24) is 0 Å². The van der Waals surface area contributed by atoms with Gasteiger partial charge in [-0.2, -0.15) is 0 Å².